The van der Waals surface area contributed by atoms with E-state index >= 15 is 0 Å². The van der Waals surface area contributed by atoms with Crippen LogP contribution in [0.3, 0.4) is 0 Å². The van der Waals surface area contributed by atoms with E-state index in [0.717, 1.165) is 0 Å². The van der Waals surface area contributed by atoms with Gasteiger partial charge in [0.2, 0.25) is 0 Å². The van der Waals surface area contributed by atoms with Gasteiger partial charge in [-0.3, -0.25) is 0 Å². The topological polar surface area (TPSA) is 54.6 Å². The van der Waals surface area contributed by atoms with Crippen LogP contribution in [0.5, 0.6) is 0 Å². The summed E-state index contributed by atoms with van der Waals surface area (Å²) in [6.45, 7) is 1.15. The normalized spacial score (nSPS) is 36.1. The Labute approximate surface area is 58.0 Å². The zero-order chi connectivity index (χ0) is 6.97. The fourth-order valence-electron chi connectivity index (χ4n) is 1.19. The zero-order valence-corrected chi connectivity index (χ0v) is 5.28. The Kier molecular flexibility index (Phi) is 1.11. The molecule has 0 aromatic heterocycles. The van der Waals surface area contributed by atoms with E-state index in [-0.39, 0.29) is 12.0 Å². The molecule has 0 aromatic carbocycles. The van der Waals surface area contributed by atoms with E-state index < -0.39 is 0 Å². The minimum atomic E-state index is 0.00894. The van der Waals surface area contributed by atoms with Gasteiger partial charge in [-0.1, -0.05) is 5.16 Å². The van der Waals surface area contributed by atoms with Crippen molar-refractivity contribution in [3.05, 3.63) is 0 Å². The highest BCUT2D eigenvalue weighted by molar-refractivity contribution is 6.01. The number of hydrogen-bond acceptors (Lipinski definition) is 4. The van der Waals surface area contributed by atoms with Crippen LogP contribution in [0.15, 0.2) is 5.16 Å². The van der Waals surface area contributed by atoms with Crippen molar-refractivity contribution >= 4 is 5.71 Å². The molecule has 0 N–H and O–H groups in total. The third-order valence-corrected chi connectivity index (χ3v) is 1.78. The molecule has 0 amide bonds. The van der Waals surface area contributed by atoms with Gasteiger partial charge in [0.15, 0.2) is 11.8 Å². The Hall–Kier alpha value is -1.08. The molecular formula is C6H6N2O2. The van der Waals surface area contributed by atoms with Crippen LogP contribution < -0.4 is 0 Å². The first-order valence-electron chi connectivity index (χ1n) is 3.13. The third-order valence-electron chi connectivity index (χ3n) is 1.78. The molecule has 2 aliphatic heterocycles. The maximum Gasteiger partial charge on any atom is 0.166 e. The van der Waals surface area contributed by atoms with Crippen LogP contribution in [0.4, 0.5) is 0 Å². The molecule has 2 unspecified atom stereocenters. The highest BCUT2D eigenvalue weighted by atomic mass is 16.7. The smallest absolute Gasteiger partial charge is 0.166 e. The quantitative estimate of drug-likeness (QED) is 0.470. The molecule has 0 saturated carbocycles. The van der Waals surface area contributed by atoms with Crippen molar-refractivity contribution in [1.82, 2.24) is 0 Å². The van der Waals surface area contributed by atoms with Crippen LogP contribution in [0.1, 0.15) is 0 Å². The number of oxime groups is 1. The molecule has 0 aliphatic carbocycles. The first kappa shape index (κ1) is 5.69. The number of ether oxygens (including phenoxy) is 1. The molecule has 52 valence electrons. The molecule has 1 saturated heterocycles. The van der Waals surface area contributed by atoms with Crippen molar-refractivity contribution in [3.63, 3.8) is 0 Å². The second-order valence-corrected chi connectivity index (χ2v) is 2.38. The molecule has 0 aromatic rings. The zero-order valence-electron chi connectivity index (χ0n) is 5.28. The summed E-state index contributed by atoms with van der Waals surface area (Å²) in [5, 5.41) is 12.1. The predicted molar refractivity (Wildman–Crippen MR) is 32.2 cm³/mol. The van der Waals surface area contributed by atoms with Crippen molar-refractivity contribution in [2.24, 2.45) is 11.1 Å². The highest BCUT2D eigenvalue weighted by Gasteiger charge is 2.39. The highest BCUT2D eigenvalue weighted by Crippen LogP contribution is 2.24. The van der Waals surface area contributed by atoms with E-state index in [4.69, 9.17) is 14.8 Å². The molecule has 4 nitrogen and oxygen atoms in total. The fourth-order valence-corrected chi connectivity index (χ4v) is 1.19. The summed E-state index contributed by atoms with van der Waals surface area (Å²) in [4.78, 5) is 4.92. The number of nitrogens with zero attached hydrogens (tertiary/aromatic N) is 2. The molecule has 2 atom stereocenters. The van der Waals surface area contributed by atoms with Crippen LogP contribution >= 0.6 is 0 Å². The standard InChI is InChI=1S/C6H6N2O2/c7-1-5-4-2-9-3-6(4)10-8-5/h4,6H,2-3H2. The Morgan fingerprint density at radius 3 is 3.30 bits per heavy atom. The molecular weight excluding hydrogens is 132 g/mol. The summed E-state index contributed by atoms with van der Waals surface area (Å²) >= 11 is 0. The molecule has 2 heterocycles. The maximum absolute atomic E-state index is 8.50. The molecule has 0 spiro atoms. The van der Waals surface area contributed by atoms with Gasteiger partial charge >= 0.3 is 0 Å². The van der Waals surface area contributed by atoms with Crippen LogP contribution in [-0.2, 0) is 9.57 Å². The Morgan fingerprint density at radius 2 is 2.50 bits per heavy atom. The second-order valence-electron chi connectivity index (χ2n) is 2.38. The van der Waals surface area contributed by atoms with Gasteiger partial charge in [-0.05, 0) is 0 Å². The van der Waals surface area contributed by atoms with Gasteiger partial charge in [0, 0.05) is 0 Å². The molecule has 2 aliphatic rings. The van der Waals surface area contributed by atoms with E-state index in [1.54, 1.807) is 0 Å². The van der Waals surface area contributed by atoms with Gasteiger partial charge in [0.05, 0.1) is 19.1 Å². The Balaban J connectivity index is 2.20. The maximum atomic E-state index is 8.50. The van der Waals surface area contributed by atoms with E-state index in [1.165, 1.54) is 0 Å². The molecule has 4 heteroatoms. The summed E-state index contributed by atoms with van der Waals surface area (Å²) in [7, 11) is 0. The van der Waals surface area contributed by atoms with E-state index in [1.807, 2.05) is 6.07 Å². The van der Waals surface area contributed by atoms with E-state index in [0.29, 0.717) is 18.9 Å². The van der Waals surface area contributed by atoms with Gasteiger partial charge < -0.3 is 9.57 Å². The lowest BCUT2D eigenvalue weighted by Crippen LogP contribution is -2.19. The number of nitriles is 1. The Bertz CT molecular complexity index is 218. The molecule has 1 fully saturated rings. The number of fused-ring (bicyclic) bond motifs is 1. The molecule has 10 heavy (non-hydrogen) atoms. The fraction of sp³-hybridized carbons (Fsp3) is 0.667. The summed E-state index contributed by atoms with van der Waals surface area (Å²) in [6, 6.07) is 1.98. The van der Waals surface area contributed by atoms with Crippen molar-refractivity contribution in [2.75, 3.05) is 13.2 Å². The van der Waals surface area contributed by atoms with Crippen LogP contribution in [0, 0.1) is 17.2 Å². The third kappa shape index (κ3) is 0.611. The van der Waals surface area contributed by atoms with Crippen molar-refractivity contribution < 1.29 is 9.57 Å². The summed E-state index contributed by atoms with van der Waals surface area (Å²) in [5.41, 5.74) is 0.475. The van der Waals surface area contributed by atoms with Gasteiger partial charge in [0.1, 0.15) is 6.07 Å². The van der Waals surface area contributed by atoms with Crippen LogP contribution in [-0.4, -0.2) is 25.0 Å². The van der Waals surface area contributed by atoms with Gasteiger partial charge in [0.25, 0.3) is 0 Å². The minimum absolute atomic E-state index is 0.00894. The average Bonchev–Trinajstić information content (AvgIpc) is 2.44. The van der Waals surface area contributed by atoms with Gasteiger partial charge in [-0.15, -0.1) is 0 Å². The monoisotopic (exact) mass is 138 g/mol. The molecule has 0 bridgehead atoms. The van der Waals surface area contributed by atoms with E-state index in [2.05, 4.69) is 5.16 Å². The number of hydrogen-bond donors (Lipinski definition) is 0. The first-order chi connectivity index (χ1) is 4.92. The lowest BCUT2D eigenvalue weighted by molar-refractivity contribution is 0.0558. The summed E-state index contributed by atoms with van der Waals surface area (Å²) in [6.07, 6.45) is 0.00894. The van der Waals surface area contributed by atoms with Gasteiger partial charge in [-0.25, -0.2) is 0 Å². The predicted octanol–water partition coefficient (Wildman–Crippen LogP) is -0.0888. The van der Waals surface area contributed by atoms with Crippen molar-refractivity contribution in [1.29, 1.82) is 5.26 Å². The number of rotatable bonds is 0. The first-order valence-corrected chi connectivity index (χ1v) is 3.13. The summed E-state index contributed by atoms with van der Waals surface area (Å²) < 4.78 is 5.09. The molecule has 0 radical (unpaired) electrons. The minimum Gasteiger partial charge on any atom is -0.388 e. The van der Waals surface area contributed by atoms with Crippen LogP contribution in [0.2, 0.25) is 0 Å². The average molecular weight is 138 g/mol. The van der Waals surface area contributed by atoms with Crippen LogP contribution in [0.25, 0.3) is 0 Å². The Morgan fingerprint density at radius 1 is 1.60 bits per heavy atom. The lowest BCUT2D eigenvalue weighted by atomic mass is 10.0. The summed E-state index contributed by atoms with van der Waals surface area (Å²) in [5.74, 6) is 0.102. The molecule has 2 rings (SSSR count). The largest absolute Gasteiger partial charge is 0.388 e. The van der Waals surface area contributed by atoms with E-state index in [9.17, 15) is 0 Å². The van der Waals surface area contributed by atoms with Gasteiger partial charge in [-0.2, -0.15) is 5.26 Å². The SMILES string of the molecule is N#CC1=NOC2COCC12. The van der Waals surface area contributed by atoms with Crippen molar-refractivity contribution in [2.45, 2.75) is 6.10 Å². The second kappa shape index (κ2) is 1.96. The lowest BCUT2D eigenvalue weighted by Gasteiger charge is -2.00. The van der Waals surface area contributed by atoms with Crippen molar-refractivity contribution in [3.8, 4) is 6.07 Å².